The van der Waals surface area contributed by atoms with Gasteiger partial charge in [-0.05, 0) is 48.9 Å². The fraction of sp³-hybridized carbons (Fsp3) is 0.240. The van der Waals surface area contributed by atoms with E-state index in [1.807, 2.05) is 0 Å². The molecule has 0 saturated carbocycles. The highest BCUT2D eigenvalue weighted by molar-refractivity contribution is 5.79. The predicted molar refractivity (Wildman–Crippen MR) is 123 cm³/mol. The quantitative estimate of drug-likeness (QED) is 0.233. The summed E-state index contributed by atoms with van der Waals surface area (Å²) in [7, 11) is 1.38. The van der Waals surface area contributed by atoms with E-state index in [1.54, 1.807) is 6.92 Å². The van der Waals surface area contributed by atoms with Crippen molar-refractivity contribution in [3.05, 3.63) is 87.6 Å². The van der Waals surface area contributed by atoms with E-state index in [0.29, 0.717) is 5.56 Å². The summed E-state index contributed by atoms with van der Waals surface area (Å²) in [6, 6.07) is 7.28. The van der Waals surface area contributed by atoms with Crippen molar-refractivity contribution >= 4 is 10.9 Å². The highest BCUT2D eigenvalue weighted by atomic mass is 19.4. The standard InChI is InChI=1S/C25H20F5N3O4/c1-14-9-18(26)17(19(27)10-14)12-33-13-32-23(34)16-11-15(3-4-20(16)33)37-24-22(25(28,29)30)21(5-6-31-24)36-8-7-35-2/h3-6,9-11,13H,7-8,12H2,1-2H3. The van der Waals surface area contributed by atoms with Crippen LogP contribution in [0.4, 0.5) is 22.0 Å². The number of fused-ring (bicyclic) bond motifs is 1. The molecule has 2 heterocycles. The van der Waals surface area contributed by atoms with Gasteiger partial charge in [-0.25, -0.2) is 13.8 Å². The molecule has 0 saturated heterocycles. The number of rotatable bonds is 8. The highest BCUT2D eigenvalue weighted by Gasteiger charge is 2.39. The molecule has 0 aliphatic rings. The number of aryl methyl sites for hydroxylation is 1. The van der Waals surface area contributed by atoms with Crippen molar-refractivity contribution in [3.8, 4) is 17.4 Å². The molecule has 0 bridgehead atoms. The summed E-state index contributed by atoms with van der Waals surface area (Å²) in [5, 5.41) is -0.0333. The third-order valence-corrected chi connectivity index (χ3v) is 5.36. The first-order chi connectivity index (χ1) is 17.6. The molecule has 4 rings (SSSR count). The van der Waals surface area contributed by atoms with Crippen LogP contribution in [0, 0.1) is 18.6 Å². The zero-order valence-corrected chi connectivity index (χ0v) is 19.6. The monoisotopic (exact) mass is 521 g/mol. The van der Waals surface area contributed by atoms with Crippen LogP contribution in [0.5, 0.6) is 17.4 Å². The number of alkyl halides is 3. The number of aromatic nitrogens is 3. The molecule has 0 unspecified atom stereocenters. The minimum Gasteiger partial charge on any atom is -0.490 e. The molecular weight excluding hydrogens is 501 g/mol. The Morgan fingerprint density at radius 2 is 1.73 bits per heavy atom. The summed E-state index contributed by atoms with van der Waals surface area (Å²) in [4.78, 5) is 19.9. The van der Waals surface area contributed by atoms with Crippen LogP contribution in [-0.2, 0) is 17.5 Å². The second-order valence-corrected chi connectivity index (χ2v) is 7.99. The molecule has 0 N–H and O–H groups in total. The largest absolute Gasteiger partial charge is 0.490 e. The lowest BCUT2D eigenvalue weighted by molar-refractivity contribution is -0.140. The molecule has 0 aliphatic heterocycles. The van der Waals surface area contributed by atoms with E-state index >= 15 is 0 Å². The molecule has 0 atom stereocenters. The van der Waals surface area contributed by atoms with E-state index < -0.39 is 40.6 Å². The van der Waals surface area contributed by atoms with Crippen LogP contribution in [0.15, 0.2) is 53.7 Å². The Labute approximate surface area is 207 Å². The lowest BCUT2D eigenvalue weighted by atomic mass is 10.1. The van der Waals surface area contributed by atoms with Gasteiger partial charge in [0.25, 0.3) is 5.56 Å². The minimum atomic E-state index is -4.86. The molecule has 2 aromatic heterocycles. The Morgan fingerprint density at radius 1 is 1.00 bits per heavy atom. The lowest BCUT2D eigenvalue weighted by Gasteiger charge is -2.17. The van der Waals surface area contributed by atoms with Gasteiger partial charge in [0.15, 0.2) is 5.56 Å². The molecule has 0 spiro atoms. The van der Waals surface area contributed by atoms with Gasteiger partial charge in [0, 0.05) is 18.9 Å². The predicted octanol–water partition coefficient (Wildman–Crippen LogP) is 5.26. The summed E-state index contributed by atoms with van der Waals surface area (Å²) in [5.74, 6) is -2.94. The molecule has 0 fully saturated rings. The average Bonchev–Trinajstić information content (AvgIpc) is 2.82. The van der Waals surface area contributed by atoms with Crippen molar-refractivity contribution in [2.75, 3.05) is 20.3 Å². The lowest BCUT2D eigenvalue weighted by Crippen LogP contribution is -2.15. The number of hydrogen-bond acceptors (Lipinski definition) is 6. The maximum absolute atomic E-state index is 14.4. The van der Waals surface area contributed by atoms with Gasteiger partial charge in [0.05, 0.1) is 30.4 Å². The molecule has 37 heavy (non-hydrogen) atoms. The average molecular weight is 521 g/mol. The normalized spacial score (nSPS) is 11.6. The van der Waals surface area contributed by atoms with Crippen molar-refractivity contribution in [2.24, 2.45) is 0 Å². The maximum atomic E-state index is 14.4. The van der Waals surface area contributed by atoms with Crippen molar-refractivity contribution in [1.29, 1.82) is 0 Å². The van der Waals surface area contributed by atoms with E-state index in [0.717, 1.165) is 18.6 Å². The zero-order valence-electron chi connectivity index (χ0n) is 19.6. The highest BCUT2D eigenvalue weighted by Crippen LogP contribution is 2.42. The van der Waals surface area contributed by atoms with E-state index in [9.17, 15) is 26.7 Å². The van der Waals surface area contributed by atoms with Gasteiger partial charge in [-0.3, -0.25) is 4.79 Å². The molecule has 194 valence electrons. The SMILES string of the molecule is COCCOc1ccnc(Oc2ccc3c(c2)c(=O)ncn3Cc2c(F)cc(C)cc2F)c1C(F)(F)F. The van der Waals surface area contributed by atoms with E-state index in [1.165, 1.54) is 42.0 Å². The third-order valence-electron chi connectivity index (χ3n) is 5.36. The van der Waals surface area contributed by atoms with E-state index in [4.69, 9.17) is 14.2 Å². The first kappa shape index (κ1) is 26.0. The molecule has 0 amide bonds. The van der Waals surface area contributed by atoms with Gasteiger partial charge in [-0.1, -0.05) is 0 Å². The van der Waals surface area contributed by atoms with Gasteiger partial charge in [0.2, 0.25) is 5.88 Å². The summed E-state index contributed by atoms with van der Waals surface area (Å²) >= 11 is 0. The van der Waals surface area contributed by atoms with Gasteiger partial charge in [-0.2, -0.15) is 18.2 Å². The molecule has 4 aromatic rings. The Kier molecular flexibility index (Phi) is 7.39. The van der Waals surface area contributed by atoms with Crippen LogP contribution < -0.4 is 15.0 Å². The third kappa shape index (κ3) is 5.69. The van der Waals surface area contributed by atoms with E-state index in [-0.39, 0.29) is 42.0 Å². The fourth-order valence-corrected chi connectivity index (χ4v) is 3.66. The number of methoxy groups -OCH3 is 1. The molecule has 0 aliphatic carbocycles. The van der Waals surface area contributed by atoms with Crippen molar-refractivity contribution in [3.63, 3.8) is 0 Å². The Balaban J connectivity index is 1.72. The number of halogens is 5. The van der Waals surface area contributed by atoms with Crippen LogP contribution >= 0.6 is 0 Å². The Bertz CT molecular complexity index is 1480. The van der Waals surface area contributed by atoms with Crippen LogP contribution in [0.1, 0.15) is 16.7 Å². The minimum absolute atomic E-state index is 0.0333. The molecular formula is C25H20F5N3O4. The molecule has 0 radical (unpaired) electrons. The maximum Gasteiger partial charge on any atom is 0.425 e. The van der Waals surface area contributed by atoms with Crippen molar-refractivity contribution in [1.82, 2.24) is 14.5 Å². The Hall–Kier alpha value is -4.06. The van der Waals surface area contributed by atoms with Gasteiger partial charge in [-0.15, -0.1) is 0 Å². The van der Waals surface area contributed by atoms with Crippen molar-refractivity contribution in [2.45, 2.75) is 19.6 Å². The van der Waals surface area contributed by atoms with Crippen molar-refractivity contribution < 1.29 is 36.2 Å². The van der Waals surface area contributed by atoms with E-state index in [2.05, 4.69) is 9.97 Å². The summed E-state index contributed by atoms with van der Waals surface area (Å²) in [5.41, 5.74) is -1.53. The number of benzene rings is 2. The fourth-order valence-electron chi connectivity index (χ4n) is 3.66. The number of pyridine rings is 1. The topological polar surface area (TPSA) is 75.5 Å². The van der Waals surface area contributed by atoms with Crippen LogP contribution in [0.3, 0.4) is 0 Å². The molecule has 7 nitrogen and oxygen atoms in total. The van der Waals surface area contributed by atoms with Gasteiger partial charge >= 0.3 is 6.18 Å². The second kappa shape index (κ2) is 10.5. The smallest absolute Gasteiger partial charge is 0.425 e. The first-order valence-electron chi connectivity index (χ1n) is 10.9. The van der Waals surface area contributed by atoms with Crippen LogP contribution in [-0.4, -0.2) is 34.9 Å². The molecule has 12 heteroatoms. The molecule has 2 aromatic carbocycles. The summed E-state index contributed by atoms with van der Waals surface area (Å²) in [6.07, 6.45) is -2.64. The Morgan fingerprint density at radius 3 is 2.41 bits per heavy atom. The number of nitrogens with zero attached hydrogens (tertiary/aromatic N) is 3. The summed E-state index contributed by atoms with van der Waals surface area (Å²) in [6.45, 7) is 1.21. The number of hydrogen-bond donors (Lipinski definition) is 0. The number of ether oxygens (including phenoxy) is 3. The first-order valence-corrected chi connectivity index (χ1v) is 10.9. The van der Waals surface area contributed by atoms with Gasteiger partial charge in [0.1, 0.15) is 29.7 Å². The van der Waals surface area contributed by atoms with Crippen LogP contribution in [0.25, 0.3) is 10.9 Å². The zero-order chi connectivity index (χ0) is 26.7. The summed E-state index contributed by atoms with van der Waals surface area (Å²) < 4.78 is 87.0. The van der Waals surface area contributed by atoms with Gasteiger partial charge < -0.3 is 18.8 Å². The second-order valence-electron chi connectivity index (χ2n) is 7.99. The van der Waals surface area contributed by atoms with Crippen LogP contribution in [0.2, 0.25) is 0 Å².